The molecule has 5 N–H and O–H groups in total. The zero-order chi connectivity index (χ0) is 29.7. The molecule has 0 aromatic heterocycles. The normalized spacial score (nSPS) is 19.8. The summed E-state index contributed by atoms with van der Waals surface area (Å²) in [4.78, 5) is 26.5. The number of thioether (sulfide) groups is 1. The van der Waals surface area contributed by atoms with Gasteiger partial charge in [0.25, 0.3) is 5.91 Å². The molecule has 1 aliphatic carbocycles. The first-order valence-corrected chi connectivity index (χ1v) is 15.7. The Morgan fingerprint density at radius 2 is 1.77 bits per heavy atom. The van der Waals surface area contributed by atoms with Gasteiger partial charge in [0.15, 0.2) is 9.84 Å². The lowest BCUT2D eigenvalue weighted by molar-refractivity contribution is -0.137. The summed E-state index contributed by atoms with van der Waals surface area (Å²) in [7, 11) is -3.63. The fraction of sp³-hybridized carbons (Fsp3) is 0.481. The number of anilines is 1. The van der Waals surface area contributed by atoms with Crippen LogP contribution in [0.1, 0.15) is 49.0 Å². The Labute approximate surface area is 237 Å². The molecule has 1 aliphatic rings. The zero-order valence-corrected chi connectivity index (χ0v) is 24.2. The SMILES string of the molecule is CSc1ccc(S(=O)(=O)C[C@H]2CC[C@H](NC(C)C)C[C@@H]2NC(=O)CNC(=O)c2cc(C(F)(F)F)ccc2N)cc1. The van der Waals surface area contributed by atoms with Crippen molar-refractivity contribution < 1.29 is 31.2 Å². The topological polar surface area (TPSA) is 130 Å². The summed E-state index contributed by atoms with van der Waals surface area (Å²) in [6.45, 7) is 3.48. The van der Waals surface area contributed by atoms with Crippen molar-refractivity contribution in [3.05, 3.63) is 53.6 Å². The van der Waals surface area contributed by atoms with Crippen LogP contribution in [0.2, 0.25) is 0 Å². The highest BCUT2D eigenvalue weighted by molar-refractivity contribution is 7.98. The zero-order valence-electron chi connectivity index (χ0n) is 22.5. The molecule has 0 saturated heterocycles. The van der Waals surface area contributed by atoms with Gasteiger partial charge in [0, 0.05) is 28.7 Å². The van der Waals surface area contributed by atoms with Gasteiger partial charge in [0.05, 0.1) is 28.3 Å². The average molecular weight is 601 g/mol. The number of carbonyl (C=O) groups excluding carboxylic acids is 2. The lowest BCUT2D eigenvalue weighted by Crippen LogP contribution is -2.53. The summed E-state index contributed by atoms with van der Waals surface area (Å²) in [5.41, 5.74) is 4.11. The number of halogens is 3. The maximum atomic E-state index is 13.2. The Bertz CT molecular complexity index is 1300. The van der Waals surface area contributed by atoms with E-state index in [9.17, 15) is 31.2 Å². The summed E-state index contributed by atoms with van der Waals surface area (Å²) in [6.07, 6.45) is -0.970. The van der Waals surface area contributed by atoms with E-state index < -0.39 is 51.5 Å². The van der Waals surface area contributed by atoms with Gasteiger partial charge in [-0.05, 0) is 73.9 Å². The molecular formula is C27H35F3N4O4S2. The number of hydrogen-bond donors (Lipinski definition) is 4. The molecular weight excluding hydrogens is 565 g/mol. The first-order chi connectivity index (χ1) is 18.7. The van der Waals surface area contributed by atoms with Gasteiger partial charge < -0.3 is 21.7 Å². The van der Waals surface area contributed by atoms with E-state index in [4.69, 9.17) is 5.73 Å². The Kier molecular flexibility index (Phi) is 10.5. The van der Waals surface area contributed by atoms with Crippen molar-refractivity contribution in [3.63, 3.8) is 0 Å². The molecule has 0 aliphatic heterocycles. The van der Waals surface area contributed by atoms with Crippen molar-refractivity contribution in [2.75, 3.05) is 24.3 Å². The minimum atomic E-state index is -4.66. The summed E-state index contributed by atoms with van der Waals surface area (Å²) in [5, 5.41) is 8.60. The minimum absolute atomic E-state index is 0.0598. The third-order valence-corrected chi connectivity index (χ3v) is 9.40. The van der Waals surface area contributed by atoms with Gasteiger partial charge >= 0.3 is 6.18 Å². The van der Waals surface area contributed by atoms with Gasteiger partial charge in [0.1, 0.15) is 0 Å². The Morgan fingerprint density at radius 1 is 1.10 bits per heavy atom. The molecule has 0 heterocycles. The number of carbonyl (C=O) groups is 2. The molecule has 1 saturated carbocycles. The third-order valence-electron chi connectivity index (χ3n) is 6.80. The fourth-order valence-electron chi connectivity index (χ4n) is 4.84. The molecule has 8 nitrogen and oxygen atoms in total. The second-order valence-corrected chi connectivity index (χ2v) is 13.1. The molecule has 2 aromatic carbocycles. The predicted octanol–water partition coefficient (Wildman–Crippen LogP) is 3.86. The van der Waals surface area contributed by atoms with Gasteiger partial charge in [-0.3, -0.25) is 9.59 Å². The maximum Gasteiger partial charge on any atom is 0.416 e. The second kappa shape index (κ2) is 13.3. The van der Waals surface area contributed by atoms with Crippen molar-refractivity contribution in [2.24, 2.45) is 5.92 Å². The van der Waals surface area contributed by atoms with Crippen molar-refractivity contribution in [3.8, 4) is 0 Å². The maximum absolute atomic E-state index is 13.2. The first-order valence-electron chi connectivity index (χ1n) is 12.9. The molecule has 2 aromatic rings. The molecule has 0 unspecified atom stereocenters. The summed E-state index contributed by atoms with van der Waals surface area (Å²) < 4.78 is 65.6. The highest BCUT2D eigenvalue weighted by Gasteiger charge is 2.35. The monoisotopic (exact) mass is 600 g/mol. The van der Waals surface area contributed by atoms with Crippen LogP contribution in [-0.4, -0.2) is 56.9 Å². The van der Waals surface area contributed by atoms with Crippen molar-refractivity contribution in [1.29, 1.82) is 0 Å². The van der Waals surface area contributed by atoms with E-state index in [-0.39, 0.29) is 34.3 Å². The lowest BCUT2D eigenvalue weighted by Gasteiger charge is -2.37. The Morgan fingerprint density at radius 3 is 2.38 bits per heavy atom. The van der Waals surface area contributed by atoms with Crippen LogP contribution in [0.3, 0.4) is 0 Å². The van der Waals surface area contributed by atoms with E-state index in [0.29, 0.717) is 18.9 Å². The highest BCUT2D eigenvalue weighted by atomic mass is 32.2. The van der Waals surface area contributed by atoms with Crippen LogP contribution in [0, 0.1) is 5.92 Å². The van der Waals surface area contributed by atoms with Crippen LogP contribution < -0.4 is 21.7 Å². The van der Waals surface area contributed by atoms with Gasteiger partial charge in [-0.2, -0.15) is 13.2 Å². The molecule has 13 heteroatoms. The number of hydrogen-bond acceptors (Lipinski definition) is 7. The highest BCUT2D eigenvalue weighted by Crippen LogP contribution is 2.31. The van der Waals surface area contributed by atoms with Gasteiger partial charge in [-0.25, -0.2) is 8.42 Å². The molecule has 2 amide bonds. The smallest absolute Gasteiger partial charge is 0.398 e. The number of alkyl halides is 3. The fourth-order valence-corrected chi connectivity index (χ4v) is 6.95. The van der Waals surface area contributed by atoms with Crippen LogP contribution >= 0.6 is 11.8 Å². The largest absolute Gasteiger partial charge is 0.416 e. The number of benzene rings is 2. The summed E-state index contributed by atoms with van der Waals surface area (Å²) >= 11 is 1.51. The van der Waals surface area contributed by atoms with E-state index in [1.54, 1.807) is 24.3 Å². The molecule has 0 spiro atoms. The number of amides is 2. The number of nitrogen functional groups attached to an aromatic ring is 1. The molecule has 0 radical (unpaired) electrons. The van der Waals surface area contributed by atoms with Crippen molar-refractivity contribution in [1.82, 2.24) is 16.0 Å². The van der Waals surface area contributed by atoms with Crippen LogP contribution in [0.25, 0.3) is 0 Å². The second-order valence-electron chi connectivity index (χ2n) is 10.2. The Balaban J connectivity index is 1.70. The van der Waals surface area contributed by atoms with Crippen LogP contribution in [0.15, 0.2) is 52.3 Å². The van der Waals surface area contributed by atoms with E-state index in [0.717, 1.165) is 23.4 Å². The molecule has 3 atom stereocenters. The standard InChI is InChI=1S/C27H35F3N4O4S2/c1-16(2)33-19-6-4-17(15-40(37,38)21-9-7-20(39-3)8-10-21)24(13-19)34-25(35)14-32-26(36)22-12-18(27(28,29)30)5-11-23(22)31/h5,7-12,16-17,19,24,33H,4,6,13-15,31H2,1-3H3,(H,32,36)(H,34,35)/t17-,19+,24+/m1/s1. The number of nitrogens with two attached hydrogens (primary N) is 1. The van der Waals surface area contributed by atoms with Gasteiger partial charge in [-0.1, -0.05) is 13.8 Å². The molecule has 3 rings (SSSR count). The summed E-state index contributed by atoms with van der Waals surface area (Å²) in [5.74, 6) is -2.03. The molecule has 0 bridgehead atoms. The van der Waals surface area contributed by atoms with Gasteiger partial charge in [0.2, 0.25) is 5.91 Å². The predicted molar refractivity (Wildman–Crippen MR) is 150 cm³/mol. The van der Waals surface area contributed by atoms with E-state index >= 15 is 0 Å². The van der Waals surface area contributed by atoms with Crippen molar-refractivity contribution in [2.45, 2.75) is 67.2 Å². The number of rotatable bonds is 10. The minimum Gasteiger partial charge on any atom is -0.398 e. The quantitative estimate of drug-likeness (QED) is 0.241. The van der Waals surface area contributed by atoms with Crippen LogP contribution in [-0.2, 0) is 20.8 Å². The number of nitrogens with one attached hydrogen (secondary N) is 3. The van der Waals surface area contributed by atoms with E-state index in [2.05, 4.69) is 16.0 Å². The third kappa shape index (κ3) is 8.61. The van der Waals surface area contributed by atoms with E-state index in [1.165, 1.54) is 11.8 Å². The number of sulfone groups is 1. The molecule has 1 fully saturated rings. The van der Waals surface area contributed by atoms with Crippen LogP contribution in [0.4, 0.5) is 18.9 Å². The average Bonchev–Trinajstić information content (AvgIpc) is 2.88. The van der Waals surface area contributed by atoms with Crippen molar-refractivity contribution >= 4 is 39.1 Å². The lowest BCUT2D eigenvalue weighted by atomic mass is 9.82. The van der Waals surface area contributed by atoms with E-state index in [1.807, 2.05) is 20.1 Å². The van der Waals surface area contributed by atoms with Crippen LogP contribution in [0.5, 0.6) is 0 Å². The molecule has 40 heavy (non-hydrogen) atoms. The molecule has 220 valence electrons. The van der Waals surface area contributed by atoms with Gasteiger partial charge in [-0.15, -0.1) is 11.8 Å². The Hall–Kier alpha value is -2.77. The first kappa shape index (κ1) is 31.8. The summed E-state index contributed by atoms with van der Waals surface area (Å²) in [6, 6.07) is 8.81.